The van der Waals surface area contributed by atoms with Gasteiger partial charge in [0.15, 0.2) is 0 Å². The number of thioether (sulfide) groups is 1. The number of ether oxygens (including phenoxy) is 1. The SMILES string of the molecule is COCS[PH](=O)N(C)C(=O)ON=C(C)SC. The van der Waals surface area contributed by atoms with Gasteiger partial charge in [-0.05, 0) is 13.2 Å². The minimum absolute atomic E-state index is 0.266. The number of carbonyl (C=O) groups excluding carboxylic acids is 1. The van der Waals surface area contributed by atoms with Crippen LogP contribution in [0.15, 0.2) is 5.16 Å². The first-order chi connectivity index (χ1) is 7.52. The Morgan fingerprint density at radius 1 is 1.56 bits per heavy atom. The average Bonchev–Trinajstić information content (AvgIpc) is 2.31. The van der Waals surface area contributed by atoms with Crippen LogP contribution in [0.1, 0.15) is 6.92 Å². The highest BCUT2D eigenvalue weighted by Crippen LogP contribution is 2.40. The number of hydrogen-bond donors (Lipinski definition) is 0. The van der Waals surface area contributed by atoms with Gasteiger partial charge in [0, 0.05) is 14.2 Å². The summed E-state index contributed by atoms with van der Waals surface area (Å²) in [5.74, 6) is 0.266. The van der Waals surface area contributed by atoms with Crippen molar-refractivity contribution in [3.63, 3.8) is 0 Å². The molecule has 0 aliphatic heterocycles. The molecule has 6 nitrogen and oxygen atoms in total. The van der Waals surface area contributed by atoms with Crippen LogP contribution in [0.25, 0.3) is 0 Å². The Kier molecular flexibility index (Phi) is 8.83. The maximum atomic E-state index is 11.5. The molecule has 0 rings (SSSR count). The van der Waals surface area contributed by atoms with Crippen molar-refractivity contribution in [3.8, 4) is 0 Å². The lowest BCUT2D eigenvalue weighted by atomic mass is 10.9. The predicted molar refractivity (Wildman–Crippen MR) is 69.3 cm³/mol. The molecule has 0 N–H and O–H groups in total. The Morgan fingerprint density at radius 2 is 2.19 bits per heavy atom. The third-order valence-corrected chi connectivity index (χ3v) is 5.31. The Hall–Kier alpha value is -0.170. The molecule has 0 bridgehead atoms. The van der Waals surface area contributed by atoms with Gasteiger partial charge in [0.2, 0.25) is 7.15 Å². The summed E-state index contributed by atoms with van der Waals surface area (Å²) < 4.78 is 17.3. The minimum Gasteiger partial charge on any atom is -0.374 e. The molecule has 0 saturated carbocycles. The maximum absolute atomic E-state index is 11.5. The van der Waals surface area contributed by atoms with Gasteiger partial charge in [-0.15, -0.1) is 11.8 Å². The van der Waals surface area contributed by atoms with Gasteiger partial charge in [0.05, 0.1) is 0 Å². The molecule has 0 aliphatic carbocycles. The van der Waals surface area contributed by atoms with E-state index in [0.29, 0.717) is 5.04 Å². The highest BCUT2D eigenvalue weighted by Gasteiger charge is 2.16. The molecule has 0 aromatic rings. The Labute approximate surface area is 104 Å². The lowest BCUT2D eigenvalue weighted by molar-refractivity contribution is 0.136. The molecular weight excluding hydrogens is 271 g/mol. The molecule has 0 heterocycles. The van der Waals surface area contributed by atoms with Crippen molar-refractivity contribution < 1.29 is 18.9 Å². The molecule has 1 unspecified atom stereocenters. The van der Waals surface area contributed by atoms with Crippen molar-refractivity contribution in [1.29, 1.82) is 0 Å². The molecular formula is C7H15N2O4PS2. The first kappa shape index (κ1) is 15.8. The molecule has 94 valence electrons. The van der Waals surface area contributed by atoms with Gasteiger partial charge in [0.25, 0.3) is 0 Å². The quantitative estimate of drug-likeness (QED) is 0.193. The number of hydrogen-bond acceptors (Lipinski definition) is 7. The number of rotatable bonds is 5. The summed E-state index contributed by atoms with van der Waals surface area (Å²) in [6.07, 6.45) is 1.08. The van der Waals surface area contributed by atoms with E-state index in [1.54, 1.807) is 6.92 Å². The number of amides is 1. The Balaban J connectivity index is 4.12. The largest absolute Gasteiger partial charge is 0.441 e. The molecule has 0 saturated heterocycles. The second-order valence-corrected chi connectivity index (χ2v) is 7.19. The molecule has 0 aromatic carbocycles. The molecule has 0 spiro atoms. The number of carbonyl (C=O) groups is 1. The fourth-order valence-electron chi connectivity index (χ4n) is 0.483. The lowest BCUT2D eigenvalue weighted by Gasteiger charge is -2.13. The summed E-state index contributed by atoms with van der Waals surface area (Å²) >= 11 is 2.41. The van der Waals surface area contributed by atoms with Crippen molar-refractivity contribution in [3.05, 3.63) is 0 Å². The van der Waals surface area contributed by atoms with Crippen molar-refractivity contribution in [2.24, 2.45) is 5.16 Å². The Morgan fingerprint density at radius 3 is 2.69 bits per heavy atom. The van der Waals surface area contributed by atoms with Crippen molar-refractivity contribution >= 4 is 41.4 Å². The number of nitrogens with zero attached hydrogens (tertiary/aromatic N) is 2. The summed E-state index contributed by atoms with van der Waals surface area (Å²) in [5, 5.41) is 4.17. The van der Waals surface area contributed by atoms with Crippen LogP contribution in [0.5, 0.6) is 0 Å². The zero-order valence-electron chi connectivity index (χ0n) is 9.55. The van der Waals surface area contributed by atoms with Gasteiger partial charge in [-0.3, -0.25) is 14.1 Å². The lowest BCUT2D eigenvalue weighted by Crippen LogP contribution is -2.18. The highest BCUT2D eigenvalue weighted by atomic mass is 32.7. The van der Waals surface area contributed by atoms with E-state index in [2.05, 4.69) is 9.99 Å². The maximum Gasteiger partial charge on any atom is 0.441 e. The zero-order valence-corrected chi connectivity index (χ0v) is 12.2. The van der Waals surface area contributed by atoms with E-state index in [1.807, 2.05) is 6.26 Å². The standard InChI is InChI=1S/C7H15N2O4PS2/c1-6(15-4)8-13-7(10)9(2)14(11)16-5-12-3/h14H,5H2,1-4H3. The van der Waals surface area contributed by atoms with Crippen LogP contribution in [-0.2, 0) is 14.1 Å². The van der Waals surface area contributed by atoms with Crippen molar-refractivity contribution in [2.75, 3.05) is 26.4 Å². The summed E-state index contributed by atoms with van der Waals surface area (Å²) in [4.78, 5) is 15.9. The molecule has 0 radical (unpaired) electrons. The van der Waals surface area contributed by atoms with Gasteiger partial charge in [-0.1, -0.05) is 16.5 Å². The van der Waals surface area contributed by atoms with Crippen LogP contribution in [0, 0.1) is 0 Å². The van der Waals surface area contributed by atoms with Crippen LogP contribution in [-0.4, -0.2) is 42.2 Å². The monoisotopic (exact) mass is 286 g/mol. The fraction of sp³-hybridized carbons (Fsp3) is 0.714. The summed E-state index contributed by atoms with van der Waals surface area (Å²) in [7, 11) is 0.633. The molecule has 9 heteroatoms. The van der Waals surface area contributed by atoms with Gasteiger partial charge in [0.1, 0.15) is 11.0 Å². The van der Waals surface area contributed by atoms with Gasteiger partial charge < -0.3 is 4.74 Å². The van der Waals surface area contributed by atoms with E-state index in [0.717, 1.165) is 16.1 Å². The minimum atomic E-state index is -2.26. The highest BCUT2D eigenvalue weighted by molar-refractivity contribution is 8.51. The van der Waals surface area contributed by atoms with E-state index in [4.69, 9.17) is 4.74 Å². The van der Waals surface area contributed by atoms with E-state index in [-0.39, 0.29) is 5.94 Å². The zero-order chi connectivity index (χ0) is 12.6. The van der Waals surface area contributed by atoms with Crippen molar-refractivity contribution in [2.45, 2.75) is 6.92 Å². The Bertz CT molecular complexity index is 288. The second-order valence-electron chi connectivity index (χ2n) is 2.55. The summed E-state index contributed by atoms with van der Waals surface area (Å²) in [5.41, 5.74) is 0. The van der Waals surface area contributed by atoms with Crippen molar-refractivity contribution in [1.82, 2.24) is 4.67 Å². The molecule has 0 fully saturated rings. The fourth-order valence-corrected chi connectivity index (χ4v) is 2.66. The van der Waals surface area contributed by atoms with Gasteiger partial charge in [-0.25, -0.2) is 4.79 Å². The van der Waals surface area contributed by atoms with Crippen LogP contribution < -0.4 is 0 Å². The van der Waals surface area contributed by atoms with Crippen LogP contribution in [0.3, 0.4) is 0 Å². The first-order valence-corrected chi connectivity index (χ1v) is 8.51. The topological polar surface area (TPSA) is 68.2 Å². The molecule has 0 aromatic heterocycles. The van der Waals surface area contributed by atoms with E-state index in [9.17, 15) is 9.36 Å². The third kappa shape index (κ3) is 6.42. The summed E-state index contributed by atoms with van der Waals surface area (Å²) in [6, 6.07) is 0. The second kappa shape index (κ2) is 8.92. The number of oxime groups is 1. The molecule has 0 aliphatic rings. The third-order valence-electron chi connectivity index (χ3n) is 1.40. The smallest absolute Gasteiger partial charge is 0.374 e. The van der Waals surface area contributed by atoms with E-state index >= 15 is 0 Å². The normalized spacial score (nSPS) is 13.4. The molecule has 1 atom stereocenters. The molecule has 16 heavy (non-hydrogen) atoms. The molecule has 1 amide bonds. The van der Waals surface area contributed by atoms with Gasteiger partial charge in [-0.2, -0.15) is 0 Å². The first-order valence-electron chi connectivity index (χ1n) is 4.22. The summed E-state index contributed by atoms with van der Waals surface area (Å²) in [6.45, 7) is 1.71. The van der Waals surface area contributed by atoms with Crippen LogP contribution in [0.2, 0.25) is 0 Å². The van der Waals surface area contributed by atoms with E-state index < -0.39 is 13.2 Å². The average molecular weight is 286 g/mol. The number of methoxy groups -OCH3 is 1. The van der Waals surface area contributed by atoms with Crippen LogP contribution >= 0.6 is 30.3 Å². The van der Waals surface area contributed by atoms with Crippen LogP contribution in [0.4, 0.5) is 4.79 Å². The van der Waals surface area contributed by atoms with E-state index in [1.165, 1.54) is 25.9 Å². The predicted octanol–water partition coefficient (Wildman–Crippen LogP) is 2.48. The van der Waals surface area contributed by atoms with Gasteiger partial charge >= 0.3 is 6.09 Å².